The minimum atomic E-state index is -0.393. The SMILES string of the molecule is COC(=O)c1ccccc1Cn1nc(C)c(NC(=O)c2ccc(OC)cc2)c1C. The number of aryl methyl sites for hydroxylation is 1. The lowest BCUT2D eigenvalue weighted by molar-refractivity contribution is 0.0599. The number of rotatable bonds is 6. The van der Waals surface area contributed by atoms with Gasteiger partial charge in [-0.2, -0.15) is 5.10 Å². The zero-order valence-electron chi connectivity index (χ0n) is 16.9. The van der Waals surface area contributed by atoms with E-state index in [9.17, 15) is 9.59 Å². The van der Waals surface area contributed by atoms with Crippen LogP contribution in [-0.4, -0.2) is 35.9 Å². The molecule has 0 aliphatic rings. The summed E-state index contributed by atoms with van der Waals surface area (Å²) in [6.45, 7) is 4.10. The van der Waals surface area contributed by atoms with Crippen LogP contribution >= 0.6 is 0 Å². The normalized spacial score (nSPS) is 10.5. The summed E-state index contributed by atoms with van der Waals surface area (Å²) in [5, 5.41) is 7.47. The molecule has 0 aliphatic heterocycles. The number of hydrogen-bond acceptors (Lipinski definition) is 5. The Balaban J connectivity index is 1.84. The summed E-state index contributed by atoms with van der Waals surface area (Å²) < 4.78 is 11.7. The number of carbonyl (C=O) groups is 2. The fraction of sp³-hybridized carbons (Fsp3) is 0.227. The molecule has 0 unspecified atom stereocenters. The number of benzene rings is 2. The first-order valence-electron chi connectivity index (χ1n) is 9.10. The Morgan fingerprint density at radius 1 is 1.03 bits per heavy atom. The van der Waals surface area contributed by atoms with E-state index in [-0.39, 0.29) is 5.91 Å². The lowest BCUT2D eigenvalue weighted by atomic mass is 10.1. The molecule has 7 heteroatoms. The van der Waals surface area contributed by atoms with E-state index >= 15 is 0 Å². The molecular formula is C22H23N3O4. The third kappa shape index (κ3) is 4.29. The molecule has 1 N–H and O–H groups in total. The van der Waals surface area contributed by atoms with Gasteiger partial charge in [0.25, 0.3) is 5.91 Å². The van der Waals surface area contributed by atoms with Crippen molar-refractivity contribution >= 4 is 17.6 Å². The zero-order chi connectivity index (χ0) is 21.0. The van der Waals surface area contributed by atoms with Crippen LogP contribution in [0.2, 0.25) is 0 Å². The Morgan fingerprint density at radius 2 is 1.72 bits per heavy atom. The van der Waals surface area contributed by atoms with Crippen LogP contribution in [0.5, 0.6) is 5.75 Å². The summed E-state index contributed by atoms with van der Waals surface area (Å²) >= 11 is 0. The number of nitrogens with one attached hydrogen (secondary N) is 1. The minimum Gasteiger partial charge on any atom is -0.497 e. The summed E-state index contributed by atoms with van der Waals surface area (Å²) in [5.74, 6) is 0.0644. The quantitative estimate of drug-likeness (QED) is 0.647. The van der Waals surface area contributed by atoms with Crippen LogP contribution in [-0.2, 0) is 11.3 Å². The molecule has 150 valence electrons. The molecule has 0 saturated carbocycles. The van der Waals surface area contributed by atoms with Gasteiger partial charge in [-0.05, 0) is 49.7 Å². The van der Waals surface area contributed by atoms with E-state index in [1.165, 1.54) is 7.11 Å². The molecule has 0 saturated heterocycles. The molecular weight excluding hydrogens is 370 g/mol. The lowest BCUT2D eigenvalue weighted by Crippen LogP contribution is -2.14. The second kappa shape index (κ2) is 8.60. The van der Waals surface area contributed by atoms with Crippen LogP contribution in [0.25, 0.3) is 0 Å². The molecule has 29 heavy (non-hydrogen) atoms. The maximum Gasteiger partial charge on any atom is 0.338 e. The summed E-state index contributed by atoms with van der Waals surface area (Å²) in [5.41, 5.74) is 3.95. The molecule has 0 aliphatic carbocycles. The number of nitrogens with zero attached hydrogens (tertiary/aromatic N) is 2. The van der Waals surface area contributed by atoms with E-state index < -0.39 is 5.97 Å². The number of anilines is 1. The molecule has 0 atom stereocenters. The standard InChI is InChI=1S/C22H23N3O4/c1-14-20(23-21(26)16-9-11-18(28-3)12-10-16)15(2)25(24-14)13-17-7-5-6-8-19(17)22(27)29-4/h5-12H,13H2,1-4H3,(H,23,26). The van der Waals surface area contributed by atoms with E-state index in [4.69, 9.17) is 9.47 Å². The van der Waals surface area contributed by atoms with Gasteiger partial charge in [0, 0.05) is 5.56 Å². The monoisotopic (exact) mass is 393 g/mol. The first-order valence-corrected chi connectivity index (χ1v) is 9.10. The van der Waals surface area contributed by atoms with E-state index in [0.29, 0.717) is 34.8 Å². The zero-order valence-corrected chi connectivity index (χ0v) is 16.9. The fourth-order valence-electron chi connectivity index (χ4n) is 3.09. The second-order valence-corrected chi connectivity index (χ2v) is 6.53. The van der Waals surface area contributed by atoms with Crippen molar-refractivity contribution in [1.29, 1.82) is 0 Å². The van der Waals surface area contributed by atoms with Gasteiger partial charge in [-0.3, -0.25) is 9.48 Å². The Hall–Kier alpha value is -3.61. The second-order valence-electron chi connectivity index (χ2n) is 6.53. The average molecular weight is 393 g/mol. The maximum atomic E-state index is 12.6. The number of esters is 1. The average Bonchev–Trinajstić information content (AvgIpc) is 3.01. The van der Waals surface area contributed by atoms with Gasteiger partial charge in [-0.1, -0.05) is 18.2 Å². The third-order valence-corrected chi connectivity index (χ3v) is 4.72. The Labute approximate surface area is 169 Å². The molecule has 0 fully saturated rings. The van der Waals surface area contributed by atoms with E-state index in [0.717, 1.165) is 11.3 Å². The number of hydrogen-bond donors (Lipinski definition) is 1. The largest absolute Gasteiger partial charge is 0.497 e. The Bertz CT molecular complexity index is 1040. The molecule has 1 aromatic heterocycles. The van der Waals surface area contributed by atoms with Crippen molar-refractivity contribution < 1.29 is 19.1 Å². The van der Waals surface area contributed by atoms with Crippen molar-refractivity contribution in [3.63, 3.8) is 0 Å². The van der Waals surface area contributed by atoms with E-state index in [1.54, 1.807) is 48.2 Å². The predicted molar refractivity (Wildman–Crippen MR) is 110 cm³/mol. The predicted octanol–water partition coefficient (Wildman–Crippen LogP) is 3.60. The first-order chi connectivity index (χ1) is 13.9. The maximum absolute atomic E-state index is 12.6. The topological polar surface area (TPSA) is 82.5 Å². The van der Waals surface area contributed by atoms with Gasteiger partial charge >= 0.3 is 5.97 Å². The van der Waals surface area contributed by atoms with Gasteiger partial charge in [0.2, 0.25) is 0 Å². The number of ether oxygens (including phenoxy) is 2. The fourth-order valence-corrected chi connectivity index (χ4v) is 3.09. The number of methoxy groups -OCH3 is 2. The summed E-state index contributed by atoms with van der Waals surface area (Å²) in [6, 6.07) is 14.1. The molecule has 3 rings (SSSR count). The Kier molecular flexibility index (Phi) is 5.97. The van der Waals surface area contributed by atoms with Crippen LogP contribution in [0, 0.1) is 13.8 Å². The van der Waals surface area contributed by atoms with Gasteiger partial charge in [0.1, 0.15) is 5.75 Å². The Morgan fingerprint density at radius 3 is 2.38 bits per heavy atom. The van der Waals surface area contributed by atoms with Crippen LogP contribution < -0.4 is 10.1 Å². The summed E-state index contributed by atoms with van der Waals surface area (Å²) in [7, 11) is 2.93. The number of carbonyl (C=O) groups excluding carboxylic acids is 2. The van der Waals surface area contributed by atoms with Gasteiger partial charge < -0.3 is 14.8 Å². The van der Waals surface area contributed by atoms with Gasteiger partial charge in [-0.15, -0.1) is 0 Å². The van der Waals surface area contributed by atoms with E-state index in [1.807, 2.05) is 26.0 Å². The van der Waals surface area contributed by atoms with Crippen LogP contribution in [0.15, 0.2) is 48.5 Å². The number of aromatic nitrogens is 2. The van der Waals surface area contributed by atoms with Gasteiger partial charge in [-0.25, -0.2) is 4.79 Å². The van der Waals surface area contributed by atoms with Crippen LogP contribution in [0.1, 0.15) is 37.7 Å². The first kappa shape index (κ1) is 20.1. The molecule has 1 amide bonds. The van der Waals surface area contributed by atoms with Gasteiger partial charge in [0.15, 0.2) is 0 Å². The molecule has 3 aromatic rings. The molecule has 2 aromatic carbocycles. The molecule has 1 heterocycles. The molecule has 7 nitrogen and oxygen atoms in total. The third-order valence-electron chi connectivity index (χ3n) is 4.72. The van der Waals surface area contributed by atoms with Crippen molar-refractivity contribution in [1.82, 2.24) is 9.78 Å². The van der Waals surface area contributed by atoms with Crippen molar-refractivity contribution in [2.75, 3.05) is 19.5 Å². The summed E-state index contributed by atoms with van der Waals surface area (Å²) in [4.78, 5) is 24.6. The highest BCUT2D eigenvalue weighted by atomic mass is 16.5. The molecule has 0 bridgehead atoms. The minimum absolute atomic E-state index is 0.228. The van der Waals surface area contributed by atoms with Crippen molar-refractivity contribution in [2.45, 2.75) is 20.4 Å². The number of amides is 1. The molecule has 0 radical (unpaired) electrons. The lowest BCUT2D eigenvalue weighted by Gasteiger charge is -2.10. The van der Waals surface area contributed by atoms with Crippen LogP contribution in [0.3, 0.4) is 0 Å². The van der Waals surface area contributed by atoms with Crippen molar-refractivity contribution in [2.24, 2.45) is 0 Å². The van der Waals surface area contributed by atoms with Crippen molar-refractivity contribution in [3.8, 4) is 5.75 Å². The smallest absolute Gasteiger partial charge is 0.338 e. The van der Waals surface area contributed by atoms with E-state index in [2.05, 4.69) is 10.4 Å². The molecule has 0 spiro atoms. The highest BCUT2D eigenvalue weighted by molar-refractivity contribution is 6.04. The van der Waals surface area contributed by atoms with Crippen LogP contribution in [0.4, 0.5) is 5.69 Å². The van der Waals surface area contributed by atoms with Gasteiger partial charge in [0.05, 0.1) is 43.4 Å². The highest BCUT2D eigenvalue weighted by Crippen LogP contribution is 2.23. The highest BCUT2D eigenvalue weighted by Gasteiger charge is 2.18. The summed E-state index contributed by atoms with van der Waals surface area (Å²) in [6.07, 6.45) is 0. The van der Waals surface area contributed by atoms with Crippen molar-refractivity contribution in [3.05, 3.63) is 76.6 Å².